The van der Waals surface area contributed by atoms with Gasteiger partial charge in [-0.3, -0.25) is 0 Å². The summed E-state index contributed by atoms with van der Waals surface area (Å²) in [6, 6.07) is 0. The molecule has 1 atom stereocenters. The zero-order chi connectivity index (χ0) is 9.23. The lowest BCUT2D eigenvalue weighted by Crippen LogP contribution is -2.08. The molecule has 1 radical (unpaired) electrons. The van der Waals surface area contributed by atoms with Gasteiger partial charge >= 0.3 is 0 Å². The summed E-state index contributed by atoms with van der Waals surface area (Å²) >= 11 is 0. The monoisotopic (exact) mass is 170 g/mol. The fourth-order valence-electron chi connectivity index (χ4n) is 1.63. The van der Waals surface area contributed by atoms with Gasteiger partial charge in [0.25, 0.3) is 0 Å². The van der Waals surface area contributed by atoms with Crippen molar-refractivity contribution in [1.82, 2.24) is 0 Å². The maximum atomic E-state index is 5.55. The molecule has 0 saturated heterocycles. The normalized spacial score (nSPS) is 13.2. The van der Waals surface area contributed by atoms with E-state index in [-0.39, 0.29) is 0 Å². The summed E-state index contributed by atoms with van der Waals surface area (Å²) in [5, 5.41) is 0. The summed E-state index contributed by atoms with van der Waals surface area (Å²) < 4.78 is 0. The Bertz CT molecular complexity index is 75.1. The van der Waals surface area contributed by atoms with Crippen LogP contribution in [0, 0.1) is 12.3 Å². The maximum Gasteiger partial charge on any atom is -0.00746 e. The average molecular weight is 170 g/mol. The average Bonchev–Trinajstić information content (AvgIpc) is 2.06. The van der Waals surface area contributed by atoms with E-state index >= 15 is 0 Å². The third-order valence-corrected chi connectivity index (χ3v) is 2.36. The Labute approximate surface area is 77.7 Å². The first kappa shape index (κ1) is 12.0. The first-order valence-electron chi connectivity index (χ1n) is 5.33. The molecule has 0 aromatic heterocycles. The molecule has 12 heavy (non-hydrogen) atoms. The van der Waals surface area contributed by atoms with Gasteiger partial charge in [-0.2, -0.15) is 0 Å². The third-order valence-electron chi connectivity index (χ3n) is 2.36. The van der Waals surface area contributed by atoms with Gasteiger partial charge in [0.1, 0.15) is 0 Å². The van der Waals surface area contributed by atoms with E-state index in [0.717, 1.165) is 12.5 Å². The van der Waals surface area contributed by atoms with E-state index < -0.39 is 0 Å². The van der Waals surface area contributed by atoms with Gasteiger partial charge < -0.3 is 5.73 Å². The SMILES string of the molecule is C[CH]CC(CCN)CCCCC. The lowest BCUT2D eigenvalue weighted by Gasteiger charge is -2.13. The van der Waals surface area contributed by atoms with Gasteiger partial charge in [0, 0.05) is 0 Å². The zero-order valence-electron chi connectivity index (χ0n) is 8.68. The summed E-state index contributed by atoms with van der Waals surface area (Å²) in [4.78, 5) is 0. The van der Waals surface area contributed by atoms with E-state index in [2.05, 4.69) is 20.3 Å². The molecule has 0 aromatic carbocycles. The molecule has 73 valence electrons. The predicted molar refractivity (Wildman–Crippen MR) is 55.9 cm³/mol. The number of rotatable bonds is 8. The molecule has 0 rings (SSSR count). The lowest BCUT2D eigenvalue weighted by molar-refractivity contribution is 0.428. The van der Waals surface area contributed by atoms with Crippen LogP contribution in [-0.2, 0) is 0 Å². The maximum absolute atomic E-state index is 5.55. The van der Waals surface area contributed by atoms with E-state index in [1.54, 1.807) is 0 Å². The van der Waals surface area contributed by atoms with Gasteiger partial charge in [0.05, 0.1) is 0 Å². The van der Waals surface area contributed by atoms with Crippen molar-refractivity contribution in [3.63, 3.8) is 0 Å². The van der Waals surface area contributed by atoms with Crippen LogP contribution in [0.25, 0.3) is 0 Å². The minimum Gasteiger partial charge on any atom is -0.330 e. The molecule has 0 aliphatic carbocycles. The summed E-state index contributed by atoms with van der Waals surface area (Å²) in [5.41, 5.74) is 5.55. The van der Waals surface area contributed by atoms with Gasteiger partial charge in [0.15, 0.2) is 0 Å². The van der Waals surface area contributed by atoms with Crippen LogP contribution in [-0.4, -0.2) is 6.54 Å². The number of hydrogen-bond acceptors (Lipinski definition) is 1. The van der Waals surface area contributed by atoms with Gasteiger partial charge in [-0.1, -0.05) is 39.5 Å². The fourth-order valence-corrected chi connectivity index (χ4v) is 1.63. The van der Waals surface area contributed by atoms with E-state index in [0.29, 0.717) is 0 Å². The Morgan fingerprint density at radius 3 is 2.50 bits per heavy atom. The van der Waals surface area contributed by atoms with Crippen molar-refractivity contribution in [2.45, 2.75) is 52.4 Å². The van der Waals surface area contributed by atoms with Crippen molar-refractivity contribution in [3.8, 4) is 0 Å². The molecule has 1 heteroatoms. The van der Waals surface area contributed by atoms with Crippen LogP contribution in [0.5, 0.6) is 0 Å². The second-order valence-corrected chi connectivity index (χ2v) is 3.58. The molecule has 0 bridgehead atoms. The summed E-state index contributed by atoms with van der Waals surface area (Å²) in [7, 11) is 0. The second-order valence-electron chi connectivity index (χ2n) is 3.58. The fraction of sp³-hybridized carbons (Fsp3) is 0.909. The molecule has 0 fully saturated rings. The minimum atomic E-state index is 0.852. The standard InChI is InChI=1S/C11H24N/c1-3-5-6-8-11(7-4-2)9-10-12/h4,11H,3,5-10,12H2,1-2H3. The van der Waals surface area contributed by atoms with Gasteiger partial charge in [-0.25, -0.2) is 0 Å². The molecule has 1 unspecified atom stereocenters. The summed E-state index contributed by atoms with van der Waals surface area (Å²) in [6.45, 7) is 5.25. The highest BCUT2D eigenvalue weighted by atomic mass is 14.5. The van der Waals surface area contributed by atoms with E-state index in [9.17, 15) is 0 Å². The van der Waals surface area contributed by atoms with Crippen LogP contribution in [0.2, 0.25) is 0 Å². The zero-order valence-corrected chi connectivity index (χ0v) is 8.68. The molecule has 2 N–H and O–H groups in total. The molecule has 0 spiro atoms. The highest BCUT2D eigenvalue weighted by molar-refractivity contribution is 4.67. The topological polar surface area (TPSA) is 26.0 Å². The summed E-state index contributed by atoms with van der Waals surface area (Å²) in [5.74, 6) is 0.853. The van der Waals surface area contributed by atoms with E-state index in [1.807, 2.05) is 0 Å². The summed E-state index contributed by atoms with van der Waals surface area (Å²) in [6.07, 6.45) is 10.2. The highest BCUT2D eigenvalue weighted by Crippen LogP contribution is 2.17. The molecule has 0 amide bonds. The number of unbranched alkanes of at least 4 members (excludes halogenated alkanes) is 2. The van der Waals surface area contributed by atoms with Crippen LogP contribution < -0.4 is 5.73 Å². The highest BCUT2D eigenvalue weighted by Gasteiger charge is 2.05. The molecule has 1 nitrogen and oxygen atoms in total. The molecule has 0 heterocycles. The van der Waals surface area contributed by atoms with Crippen LogP contribution in [0.15, 0.2) is 0 Å². The Morgan fingerprint density at radius 1 is 1.25 bits per heavy atom. The van der Waals surface area contributed by atoms with Crippen molar-refractivity contribution in [2.75, 3.05) is 6.54 Å². The number of nitrogens with two attached hydrogens (primary N) is 1. The van der Waals surface area contributed by atoms with Crippen molar-refractivity contribution < 1.29 is 0 Å². The van der Waals surface area contributed by atoms with Crippen LogP contribution >= 0.6 is 0 Å². The lowest BCUT2D eigenvalue weighted by atomic mass is 9.93. The molecule has 0 aliphatic heterocycles. The van der Waals surface area contributed by atoms with Crippen LogP contribution in [0.1, 0.15) is 52.4 Å². The van der Waals surface area contributed by atoms with E-state index in [1.165, 1.54) is 38.5 Å². The Kier molecular flexibility index (Phi) is 9.02. The smallest absolute Gasteiger partial charge is 0.00746 e. The van der Waals surface area contributed by atoms with Crippen molar-refractivity contribution in [3.05, 3.63) is 6.42 Å². The second kappa shape index (κ2) is 9.05. The predicted octanol–water partition coefficient (Wildman–Crippen LogP) is 3.15. The number of hydrogen-bond donors (Lipinski definition) is 1. The third kappa shape index (κ3) is 6.66. The van der Waals surface area contributed by atoms with Crippen molar-refractivity contribution in [2.24, 2.45) is 11.7 Å². The molecule has 0 saturated carbocycles. The Morgan fingerprint density at radius 2 is 2.00 bits per heavy atom. The van der Waals surface area contributed by atoms with E-state index in [4.69, 9.17) is 5.73 Å². The molecular formula is C11H24N. The van der Waals surface area contributed by atoms with Crippen LogP contribution in [0.4, 0.5) is 0 Å². The van der Waals surface area contributed by atoms with Crippen molar-refractivity contribution in [1.29, 1.82) is 0 Å². The largest absolute Gasteiger partial charge is 0.330 e. The van der Waals surface area contributed by atoms with Crippen LogP contribution in [0.3, 0.4) is 0 Å². The quantitative estimate of drug-likeness (QED) is 0.556. The molecule has 0 aromatic rings. The Hall–Kier alpha value is -0.0400. The van der Waals surface area contributed by atoms with Gasteiger partial charge in [-0.15, -0.1) is 0 Å². The first-order chi connectivity index (χ1) is 5.85. The first-order valence-corrected chi connectivity index (χ1v) is 5.33. The molecule has 0 aliphatic rings. The van der Waals surface area contributed by atoms with Gasteiger partial charge in [-0.05, 0) is 31.7 Å². The van der Waals surface area contributed by atoms with Gasteiger partial charge in [0.2, 0.25) is 0 Å². The molecular weight excluding hydrogens is 146 g/mol. The minimum absolute atomic E-state index is 0.852. The Balaban J connectivity index is 3.34. The van der Waals surface area contributed by atoms with Crippen molar-refractivity contribution >= 4 is 0 Å².